The van der Waals surface area contributed by atoms with Crippen LogP contribution in [-0.4, -0.2) is 33.3 Å². The molecule has 0 radical (unpaired) electrons. The molecule has 0 saturated heterocycles. The van der Waals surface area contributed by atoms with Crippen molar-refractivity contribution in [1.29, 1.82) is 0 Å². The number of hydrogen-bond donors (Lipinski definition) is 2. The lowest BCUT2D eigenvalue weighted by molar-refractivity contribution is 0.171. The summed E-state index contributed by atoms with van der Waals surface area (Å²) < 4.78 is 37.9. The molecule has 3 rings (SSSR count). The van der Waals surface area contributed by atoms with Gasteiger partial charge in [0.2, 0.25) is 10.0 Å². The molecule has 2 aromatic carbocycles. The molecule has 6 nitrogen and oxygen atoms in total. The number of aliphatic hydroxyl groups excluding tert-OH is 1. The van der Waals surface area contributed by atoms with E-state index in [4.69, 9.17) is 21.1 Å². The molecule has 128 valence electrons. The first-order chi connectivity index (χ1) is 11.5. The molecule has 8 heteroatoms. The molecule has 0 bridgehead atoms. The Kier molecular flexibility index (Phi) is 4.96. The van der Waals surface area contributed by atoms with Crippen LogP contribution < -0.4 is 14.2 Å². The molecule has 2 aromatic rings. The fourth-order valence-electron chi connectivity index (χ4n) is 2.27. The Labute approximate surface area is 145 Å². The smallest absolute Gasteiger partial charge is 0.240 e. The van der Waals surface area contributed by atoms with Gasteiger partial charge in [-0.25, -0.2) is 13.1 Å². The second-order valence-corrected chi connectivity index (χ2v) is 7.43. The van der Waals surface area contributed by atoms with Gasteiger partial charge in [-0.3, -0.25) is 0 Å². The van der Waals surface area contributed by atoms with Gasteiger partial charge in [0.25, 0.3) is 0 Å². The molecule has 0 fully saturated rings. The summed E-state index contributed by atoms with van der Waals surface area (Å²) in [5.74, 6) is 0.906. The van der Waals surface area contributed by atoms with Crippen LogP contribution in [0.4, 0.5) is 0 Å². The van der Waals surface area contributed by atoms with Crippen LogP contribution in [0.3, 0.4) is 0 Å². The van der Waals surface area contributed by atoms with Crippen LogP contribution >= 0.6 is 11.6 Å². The summed E-state index contributed by atoms with van der Waals surface area (Å²) in [4.78, 5) is 0.0510. The van der Waals surface area contributed by atoms with Crippen LogP contribution in [-0.2, 0) is 10.0 Å². The largest absolute Gasteiger partial charge is 0.486 e. The summed E-state index contributed by atoms with van der Waals surface area (Å²) in [5.41, 5.74) is 0.573. The van der Waals surface area contributed by atoms with Crippen LogP contribution in [0.2, 0.25) is 5.02 Å². The molecule has 0 spiro atoms. The standard InChI is InChI=1S/C16H16ClNO5S/c17-12-3-1-11(2-4-12)14(19)10-18-24(20,21)13-5-6-15-16(9-13)23-8-7-22-15/h1-6,9,14,18-19H,7-8,10H2. The molecular weight excluding hydrogens is 354 g/mol. The van der Waals surface area contributed by atoms with E-state index in [0.717, 1.165) is 0 Å². The number of hydrogen-bond acceptors (Lipinski definition) is 5. The van der Waals surface area contributed by atoms with Gasteiger partial charge < -0.3 is 14.6 Å². The minimum atomic E-state index is -3.78. The minimum Gasteiger partial charge on any atom is -0.486 e. The molecule has 2 N–H and O–H groups in total. The Morgan fingerprint density at radius 1 is 1.08 bits per heavy atom. The molecule has 1 aliphatic heterocycles. The molecule has 1 heterocycles. The Morgan fingerprint density at radius 3 is 2.46 bits per heavy atom. The van der Waals surface area contributed by atoms with E-state index < -0.39 is 16.1 Å². The van der Waals surface area contributed by atoms with Crippen LogP contribution in [0.1, 0.15) is 11.7 Å². The predicted molar refractivity (Wildman–Crippen MR) is 89.0 cm³/mol. The molecule has 1 atom stereocenters. The molecule has 0 aromatic heterocycles. The maximum Gasteiger partial charge on any atom is 0.240 e. The van der Waals surface area contributed by atoms with Gasteiger partial charge in [-0.1, -0.05) is 23.7 Å². The van der Waals surface area contributed by atoms with Gasteiger partial charge in [-0.15, -0.1) is 0 Å². The maximum absolute atomic E-state index is 12.4. The predicted octanol–water partition coefficient (Wildman–Crippen LogP) is 2.12. The van der Waals surface area contributed by atoms with E-state index in [1.54, 1.807) is 30.3 Å². The first-order valence-electron chi connectivity index (χ1n) is 7.28. The fraction of sp³-hybridized carbons (Fsp3) is 0.250. The average molecular weight is 370 g/mol. The highest BCUT2D eigenvalue weighted by Gasteiger charge is 2.20. The SMILES string of the molecule is O=S(=O)(NCC(O)c1ccc(Cl)cc1)c1ccc2c(c1)OCCO2. The van der Waals surface area contributed by atoms with Crippen molar-refractivity contribution >= 4 is 21.6 Å². The van der Waals surface area contributed by atoms with Crippen LogP contribution in [0, 0.1) is 0 Å². The number of halogens is 1. The van der Waals surface area contributed by atoms with Gasteiger partial charge in [0.15, 0.2) is 11.5 Å². The monoisotopic (exact) mass is 369 g/mol. The van der Waals surface area contributed by atoms with Crippen molar-refractivity contribution in [1.82, 2.24) is 4.72 Å². The van der Waals surface area contributed by atoms with Crippen molar-refractivity contribution in [3.8, 4) is 11.5 Å². The number of nitrogens with one attached hydrogen (secondary N) is 1. The quantitative estimate of drug-likeness (QED) is 0.843. The van der Waals surface area contributed by atoms with E-state index in [1.807, 2.05) is 0 Å². The van der Waals surface area contributed by atoms with E-state index in [-0.39, 0.29) is 11.4 Å². The number of sulfonamides is 1. The molecule has 24 heavy (non-hydrogen) atoms. The molecule has 1 aliphatic rings. The molecule has 0 amide bonds. The fourth-order valence-corrected chi connectivity index (χ4v) is 3.44. The summed E-state index contributed by atoms with van der Waals surface area (Å²) in [6.45, 7) is 0.655. The highest BCUT2D eigenvalue weighted by molar-refractivity contribution is 7.89. The van der Waals surface area contributed by atoms with E-state index in [2.05, 4.69) is 4.72 Å². The normalized spacial score (nSPS) is 15.1. The summed E-state index contributed by atoms with van der Waals surface area (Å²) in [7, 11) is -3.78. The number of benzene rings is 2. The maximum atomic E-state index is 12.4. The Morgan fingerprint density at radius 2 is 1.75 bits per heavy atom. The van der Waals surface area contributed by atoms with Crippen molar-refractivity contribution in [2.45, 2.75) is 11.0 Å². The van der Waals surface area contributed by atoms with E-state index in [1.165, 1.54) is 12.1 Å². The summed E-state index contributed by atoms with van der Waals surface area (Å²) in [5, 5.41) is 10.6. The van der Waals surface area contributed by atoms with Gasteiger partial charge in [0.05, 0.1) is 11.0 Å². The second-order valence-electron chi connectivity index (χ2n) is 5.22. The van der Waals surface area contributed by atoms with Crippen LogP contribution in [0.25, 0.3) is 0 Å². The van der Waals surface area contributed by atoms with Gasteiger partial charge in [-0.2, -0.15) is 0 Å². The second kappa shape index (κ2) is 6.98. The highest BCUT2D eigenvalue weighted by atomic mass is 35.5. The molecular formula is C16H16ClNO5S. The van der Waals surface area contributed by atoms with Crippen LogP contribution in [0.15, 0.2) is 47.4 Å². The first kappa shape index (κ1) is 17.0. The molecule has 1 unspecified atom stereocenters. The van der Waals surface area contributed by atoms with E-state index in [0.29, 0.717) is 35.3 Å². The minimum absolute atomic E-state index is 0.0510. The first-order valence-corrected chi connectivity index (χ1v) is 9.15. The molecule has 0 saturated carbocycles. The van der Waals surface area contributed by atoms with Gasteiger partial charge in [0.1, 0.15) is 13.2 Å². The van der Waals surface area contributed by atoms with Gasteiger partial charge >= 0.3 is 0 Å². The van der Waals surface area contributed by atoms with Gasteiger partial charge in [0, 0.05) is 17.6 Å². The number of aliphatic hydroxyl groups is 1. The zero-order valence-electron chi connectivity index (χ0n) is 12.6. The molecule has 0 aliphatic carbocycles. The van der Waals surface area contributed by atoms with Crippen molar-refractivity contribution in [2.75, 3.05) is 19.8 Å². The van der Waals surface area contributed by atoms with Gasteiger partial charge in [-0.05, 0) is 29.8 Å². The number of rotatable bonds is 5. The lowest BCUT2D eigenvalue weighted by Crippen LogP contribution is -2.28. The van der Waals surface area contributed by atoms with Crippen molar-refractivity contribution in [3.05, 3.63) is 53.1 Å². The third-order valence-electron chi connectivity index (χ3n) is 3.55. The number of ether oxygens (including phenoxy) is 2. The Hall–Kier alpha value is -1.80. The zero-order chi connectivity index (χ0) is 17.2. The van der Waals surface area contributed by atoms with E-state index in [9.17, 15) is 13.5 Å². The van der Waals surface area contributed by atoms with Crippen molar-refractivity contribution in [3.63, 3.8) is 0 Å². The lowest BCUT2D eigenvalue weighted by Gasteiger charge is -2.19. The highest BCUT2D eigenvalue weighted by Crippen LogP contribution is 2.32. The number of fused-ring (bicyclic) bond motifs is 1. The Balaban J connectivity index is 1.70. The third-order valence-corrected chi connectivity index (χ3v) is 5.22. The van der Waals surface area contributed by atoms with Crippen molar-refractivity contribution < 1.29 is 23.0 Å². The Bertz CT molecular complexity index is 823. The zero-order valence-corrected chi connectivity index (χ0v) is 14.2. The summed E-state index contributed by atoms with van der Waals surface area (Å²) >= 11 is 5.79. The average Bonchev–Trinajstić information content (AvgIpc) is 2.60. The summed E-state index contributed by atoms with van der Waals surface area (Å²) in [6.07, 6.45) is -0.978. The van der Waals surface area contributed by atoms with Crippen LogP contribution in [0.5, 0.6) is 11.5 Å². The lowest BCUT2D eigenvalue weighted by atomic mass is 10.1. The topological polar surface area (TPSA) is 84.9 Å². The third kappa shape index (κ3) is 3.81. The van der Waals surface area contributed by atoms with E-state index >= 15 is 0 Å². The van der Waals surface area contributed by atoms with Crippen molar-refractivity contribution in [2.24, 2.45) is 0 Å². The summed E-state index contributed by atoms with van der Waals surface area (Å²) in [6, 6.07) is 11.0.